The van der Waals surface area contributed by atoms with Crippen LogP contribution in [0.4, 0.5) is 0 Å². The van der Waals surface area contributed by atoms with Crippen molar-refractivity contribution in [3.05, 3.63) is 58.6 Å². The van der Waals surface area contributed by atoms with Crippen molar-refractivity contribution in [1.82, 2.24) is 9.29 Å². The molecule has 0 unspecified atom stereocenters. The summed E-state index contributed by atoms with van der Waals surface area (Å²) in [6.07, 6.45) is 4.76. The zero-order valence-electron chi connectivity index (χ0n) is 12.7. The zero-order valence-corrected chi connectivity index (χ0v) is 15.1. The highest BCUT2D eigenvalue weighted by atomic mass is 35.5. The molecule has 1 aromatic carbocycles. The molecule has 3 aromatic rings. The van der Waals surface area contributed by atoms with Crippen LogP contribution < -0.4 is 5.32 Å². The molecule has 0 aliphatic carbocycles. The van der Waals surface area contributed by atoms with Gasteiger partial charge >= 0.3 is 0 Å². The quantitative estimate of drug-likeness (QED) is 0.750. The second kappa shape index (κ2) is 6.04. The molecule has 1 aliphatic heterocycles. The van der Waals surface area contributed by atoms with E-state index in [1.807, 2.05) is 24.3 Å². The Bertz CT molecular complexity index is 1050. The van der Waals surface area contributed by atoms with Gasteiger partial charge in [-0.25, -0.2) is 3.97 Å². The Kier molecular flexibility index (Phi) is 4.00. The number of hydrogen-bond donors (Lipinski definition) is 1. The first-order valence-corrected chi connectivity index (χ1v) is 10.2. The normalized spacial score (nSPS) is 15.6. The molecule has 0 saturated heterocycles. The number of rotatable bonds is 3. The van der Waals surface area contributed by atoms with Crippen LogP contribution in [0.3, 0.4) is 0 Å². The Morgan fingerprint density at radius 1 is 1.17 bits per heavy atom. The largest absolute Gasteiger partial charge is 0.313 e. The lowest BCUT2D eigenvalue weighted by Crippen LogP contribution is -2.20. The van der Waals surface area contributed by atoms with E-state index in [0.29, 0.717) is 9.85 Å². The van der Waals surface area contributed by atoms with Crippen molar-refractivity contribution in [3.63, 3.8) is 0 Å². The highest BCUT2D eigenvalue weighted by Gasteiger charge is 2.24. The molecule has 4 rings (SSSR count). The number of nitrogens with one attached hydrogen (secondary N) is 1. The average molecular weight is 379 g/mol. The first-order valence-electron chi connectivity index (χ1n) is 7.58. The van der Waals surface area contributed by atoms with Crippen LogP contribution in [0.1, 0.15) is 12.0 Å². The van der Waals surface area contributed by atoms with Gasteiger partial charge < -0.3 is 5.32 Å². The highest BCUT2D eigenvalue weighted by molar-refractivity contribution is 7.92. The lowest BCUT2D eigenvalue weighted by molar-refractivity contribution is 0.591. The van der Waals surface area contributed by atoms with Gasteiger partial charge in [0.2, 0.25) is 0 Å². The maximum atomic E-state index is 13.0. The minimum atomic E-state index is -3.65. The van der Waals surface area contributed by atoms with Gasteiger partial charge in [-0.3, -0.25) is 0 Å². The van der Waals surface area contributed by atoms with Gasteiger partial charge in [0, 0.05) is 23.7 Å². The molecular formula is C17H15ClN2O2S2. The van der Waals surface area contributed by atoms with Crippen LogP contribution >= 0.6 is 22.9 Å². The van der Waals surface area contributed by atoms with Crippen LogP contribution in [-0.4, -0.2) is 25.5 Å². The molecule has 0 fully saturated rings. The third-order valence-electron chi connectivity index (χ3n) is 4.15. The summed E-state index contributed by atoms with van der Waals surface area (Å²) in [5.74, 6) is 0. The second-order valence-electron chi connectivity index (χ2n) is 5.60. The average Bonchev–Trinajstić information content (AvgIpc) is 3.20. The van der Waals surface area contributed by atoms with Gasteiger partial charge in [-0.2, -0.15) is 8.42 Å². The molecule has 0 bridgehead atoms. The third kappa shape index (κ3) is 2.59. The van der Waals surface area contributed by atoms with E-state index in [1.165, 1.54) is 9.55 Å². The van der Waals surface area contributed by atoms with Gasteiger partial charge in [-0.1, -0.05) is 35.9 Å². The number of nitrogens with zero attached hydrogens (tertiary/aromatic N) is 1. The molecule has 4 nitrogen and oxygen atoms in total. The summed E-state index contributed by atoms with van der Waals surface area (Å²) >= 11 is 7.00. The van der Waals surface area contributed by atoms with E-state index in [2.05, 4.69) is 11.4 Å². The summed E-state index contributed by atoms with van der Waals surface area (Å²) in [6, 6.07) is 10.8. The number of hydrogen-bond acceptors (Lipinski definition) is 4. The number of para-hydroxylation sites is 1. The second-order valence-corrected chi connectivity index (χ2v) is 9.36. The van der Waals surface area contributed by atoms with Crippen molar-refractivity contribution >= 4 is 49.4 Å². The fourth-order valence-corrected chi connectivity index (χ4v) is 5.95. The smallest absolute Gasteiger partial charge is 0.277 e. The van der Waals surface area contributed by atoms with Crippen LogP contribution in [0, 0.1) is 0 Å². The van der Waals surface area contributed by atoms with Gasteiger partial charge in [-0.05, 0) is 36.7 Å². The highest BCUT2D eigenvalue weighted by Crippen LogP contribution is 2.34. The molecule has 0 amide bonds. The van der Waals surface area contributed by atoms with E-state index in [4.69, 9.17) is 11.6 Å². The number of benzene rings is 1. The molecule has 24 heavy (non-hydrogen) atoms. The number of thiophene rings is 1. The molecule has 7 heteroatoms. The van der Waals surface area contributed by atoms with E-state index in [9.17, 15) is 8.42 Å². The maximum absolute atomic E-state index is 13.0. The van der Waals surface area contributed by atoms with Crippen LogP contribution in [0.15, 0.2) is 52.9 Å². The van der Waals surface area contributed by atoms with E-state index in [-0.39, 0.29) is 4.21 Å². The van der Waals surface area contributed by atoms with E-state index in [1.54, 1.807) is 18.3 Å². The van der Waals surface area contributed by atoms with Crippen molar-refractivity contribution in [2.45, 2.75) is 10.6 Å². The summed E-state index contributed by atoms with van der Waals surface area (Å²) in [5, 5.41) is 4.24. The predicted molar refractivity (Wildman–Crippen MR) is 99.3 cm³/mol. The van der Waals surface area contributed by atoms with Crippen LogP contribution in [0.5, 0.6) is 0 Å². The molecule has 124 valence electrons. The lowest BCUT2D eigenvalue weighted by Gasteiger charge is -2.13. The van der Waals surface area contributed by atoms with Gasteiger partial charge in [-0.15, -0.1) is 11.3 Å². The van der Waals surface area contributed by atoms with Crippen LogP contribution in [0.2, 0.25) is 4.34 Å². The maximum Gasteiger partial charge on any atom is 0.277 e. The summed E-state index contributed by atoms with van der Waals surface area (Å²) in [7, 11) is -3.65. The van der Waals surface area contributed by atoms with Gasteiger partial charge in [0.15, 0.2) is 0 Å². The first kappa shape index (κ1) is 15.9. The zero-order chi connectivity index (χ0) is 16.7. The van der Waals surface area contributed by atoms with E-state index < -0.39 is 10.0 Å². The molecule has 0 spiro atoms. The fourth-order valence-electron chi connectivity index (χ4n) is 3.01. The molecule has 0 saturated carbocycles. The standard InChI is InChI=1S/C17H15ClN2O2S2/c18-16-5-6-17(23-16)24(21,22)20-11-14(12-7-9-19-10-8-12)13-3-1-2-4-15(13)20/h1-7,11,19H,8-10H2. The van der Waals surface area contributed by atoms with Gasteiger partial charge in [0.25, 0.3) is 10.0 Å². The topological polar surface area (TPSA) is 51.1 Å². The predicted octanol–water partition coefficient (Wildman–Crippen LogP) is 3.97. The van der Waals surface area contributed by atoms with E-state index >= 15 is 0 Å². The van der Waals surface area contributed by atoms with Gasteiger partial charge in [0.1, 0.15) is 4.21 Å². The number of halogens is 1. The minimum Gasteiger partial charge on any atom is -0.313 e. The summed E-state index contributed by atoms with van der Waals surface area (Å²) < 4.78 is 28.2. The Morgan fingerprint density at radius 2 is 2.00 bits per heavy atom. The molecule has 0 radical (unpaired) electrons. The summed E-state index contributed by atoms with van der Waals surface area (Å²) in [6.45, 7) is 1.71. The lowest BCUT2D eigenvalue weighted by atomic mass is 10.00. The first-order chi connectivity index (χ1) is 11.6. The van der Waals surface area contributed by atoms with Crippen LogP contribution in [-0.2, 0) is 10.0 Å². The third-order valence-corrected chi connectivity index (χ3v) is 7.52. The van der Waals surface area contributed by atoms with E-state index in [0.717, 1.165) is 41.8 Å². The molecule has 1 aliphatic rings. The summed E-state index contributed by atoms with van der Waals surface area (Å²) in [4.78, 5) is 0. The van der Waals surface area contributed by atoms with Crippen molar-refractivity contribution in [2.24, 2.45) is 0 Å². The molecular weight excluding hydrogens is 364 g/mol. The molecule has 0 atom stereocenters. The van der Waals surface area contributed by atoms with Gasteiger partial charge in [0.05, 0.1) is 9.85 Å². The van der Waals surface area contributed by atoms with Crippen LogP contribution in [0.25, 0.3) is 16.5 Å². The SMILES string of the molecule is O=S(=O)(c1ccc(Cl)s1)n1cc(C2=CCNCC2)c2ccccc21. The number of fused-ring (bicyclic) bond motifs is 1. The minimum absolute atomic E-state index is 0.249. The van der Waals surface area contributed by atoms with Crippen molar-refractivity contribution < 1.29 is 8.42 Å². The Labute approximate surface area is 149 Å². The fraction of sp³-hybridized carbons (Fsp3) is 0.176. The summed E-state index contributed by atoms with van der Waals surface area (Å²) in [5.41, 5.74) is 2.86. The van der Waals surface area contributed by atoms with Crippen molar-refractivity contribution in [1.29, 1.82) is 0 Å². The monoisotopic (exact) mass is 378 g/mol. The number of aromatic nitrogens is 1. The Morgan fingerprint density at radius 3 is 2.71 bits per heavy atom. The Balaban J connectivity index is 1.95. The van der Waals surface area contributed by atoms with Crippen molar-refractivity contribution in [3.8, 4) is 0 Å². The Hall–Kier alpha value is -1.60. The molecule has 2 aromatic heterocycles. The molecule has 3 heterocycles. The van der Waals surface area contributed by atoms with Crippen molar-refractivity contribution in [2.75, 3.05) is 13.1 Å². The molecule has 1 N–H and O–H groups in total.